The van der Waals surface area contributed by atoms with Gasteiger partial charge in [0.25, 0.3) is 5.91 Å². The molecule has 2 aliphatic rings. The van der Waals surface area contributed by atoms with Gasteiger partial charge in [0, 0.05) is 25.6 Å². The molecule has 0 spiro atoms. The number of carbonyl (C=O) groups excluding carboxylic acids is 2. The van der Waals surface area contributed by atoms with Crippen LogP contribution in [0.5, 0.6) is 5.75 Å². The van der Waals surface area contributed by atoms with Crippen molar-refractivity contribution in [1.29, 1.82) is 0 Å². The first kappa shape index (κ1) is 16.8. The number of hydrogen-bond acceptors (Lipinski definition) is 3. The van der Waals surface area contributed by atoms with Crippen LogP contribution in [-0.2, 0) is 9.59 Å². The lowest BCUT2D eigenvalue weighted by molar-refractivity contribution is -0.134. The Bertz CT molecular complexity index is 629. The number of nitrogens with zero attached hydrogens (tertiary/aromatic N) is 2. The van der Waals surface area contributed by atoms with Crippen LogP contribution in [0.3, 0.4) is 0 Å². The maximum absolute atomic E-state index is 12.7. The number of hydrogen-bond donors (Lipinski definition) is 0. The molecule has 1 aromatic rings. The summed E-state index contributed by atoms with van der Waals surface area (Å²) >= 11 is 0. The fourth-order valence-corrected chi connectivity index (χ4v) is 3.66. The van der Waals surface area contributed by atoms with Crippen LogP contribution in [0.2, 0.25) is 0 Å². The van der Waals surface area contributed by atoms with Crippen LogP contribution >= 0.6 is 0 Å². The van der Waals surface area contributed by atoms with Gasteiger partial charge in [0.15, 0.2) is 6.61 Å². The van der Waals surface area contributed by atoms with Gasteiger partial charge < -0.3 is 14.5 Å². The summed E-state index contributed by atoms with van der Waals surface area (Å²) in [6.07, 6.45) is 4.76. The summed E-state index contributed by atoms with van der Waals surface area (Å²) < 4.78 is 5.49. The molecule has 1 saturated heterocycles. The quantitative estimate of drug-likeness (QED) is 0.853. The Morgan fingerprint density at radius 3 is 2.96 bits per heavy atom. The highest BCUT2D eigenvalue weighted by molar-refractivity contribution is 5.98. The lowest BCUT2D eigenvalue weighted by Crippen LogP contribution is -2.46. The van der Waals surface area contributed by atoms with Gasteiger partial charge >= 0.3 is 0 Å². The van der Waals surface area contributed by atoms with Crippen LogP contribution in [0.25, 0.3) is 0 Å². The lowest BCUT2D eigenvalue weighted by Gasteiger charge is -2.36. The molecule has 3 rings (SSSR count). The van der Waals surface area contributed by atoms with Gasteiger partial charge in [-0.15, -0.1) is 0 Å². The summed E-state index contributed by atoms with van der Waals surface area (Å²) in [6, 6.07) is 6.18. The molecular formula is C19H26N2O3. The molecule has 24 heavy (non-hydrogen) atoms. The van der Waals surface area contributed by atoms with Crippen molar-refractivity contribution in [3.05, 3.63) is 23.8 Å². The van der Waals surface area contributed by atoms with E-state index in [2.05, 4.69) is 6.92 Å². The standard InChI is InChI=1S/C19H26N2O3/c1-3-15-6-4-5-10-20(15)18(22)9-11-21-16-12-14(2)7-8-17(16)24-13-19(21)23/h7-8,12,15H,3-6,9-11,13H2,1-2H3. The topological polar surface area (TPSA) is 49.9 Å². The monoisotopic (exact) mass is 330 g/mol. The van der Waals surface area contributed by atoms with Gasteiger partial charge in [-0.2, -0.15) is 0 Å². The van der Waals surface area contributed by atoms with Gasteiger partial charge in [-0.05, 0) is 50.3 Å². The number of likely N-dealkylation sites (tertiary alicyclic amines) is 1. The first-order chi connectivity index (χ1) is 11.6. The average molecular weight is 330 g/mol. The van der Waals surface area contributed by atoms with E-state index >= 15 is 0 Å². The second-order valence-corrected chi connectivity index (χ2v) is 6.70. The molecule has 1 aromatic carbocycles. The van der Waals surface area contributed by atoms with Gasteiger partial charge in [-0.25, -0.2) is 0 Å². The SMILES string of the molecule is CCC1CCCCN1C(=O)CCN1C(=O)COc2ccc(C)cc21. The van der Waals surface area contributed by atoms with E-state index in [1.165, 1.54) is 6.42 Å². The highest BCUT2D eigenvalue weighted by Gasteiger charge is 2.29. The van der Waals surface area contributed by atoms with Crippen molar-refractivity contribution in [2.75, 3.05) is 24.6 Å². The second kappa shape index (κ2) is 7.24. The zero-order valence-electron chi connectivity index (χ0n) is 14.6. The van der Waals surface area contributed by atoms with Crippen LogP contribution in [-0.4, -0.2) is 42.5 Å². The Morgan fingerprint density at radius 2 is 2.17 bits per heavy atom. The van der Waals surface area contributed by atoms with E-state index in [1.807, 2.05) is 30.0 Å². The third kappa shape index (κ3) is 3.40. The van der Waals surface area contributed by atoms with Crippen LogP contribution < -0.4 is 9.64 Å². The number of amides is 2. The third-order valence-electron chi connectivity index (χ3n) is 5.03. The number of aryl methyl sites for hydroxylation is 1. The zero-order valence-corrected chi connectivity index (χ0v) is 14.6. The van der Waals surface area contributed by atoms with Crippen LogP contribution in [0.1, 0.15) is 44.6 Å². The number of anilines is 1. The molecule has 2 aliphatic heterocycles. The number of fused-ring (bicyclic) bond motifs is 1. The summed E-state index contributed by atoms with van der Waals surface area (Å²) in [4.78, 5) is 28.6. The molecule has 2 amide bonds. The number of ether oxygens (including phenoxy) is 1. The van der Waals surface area contributed by atoms with Crippen LogP contribution in [0.15, 0.2) is 18.2 Å². The molecule has 5 heteroatoms. The summed E-state index contributed by atoms with van der Waals surface area (Å²) in [5.41, 5.74) is 1.86. The molecule has 2 heterocycles. The molecule has 0 aromatic heterocycles. The van der Waals surface area contributed by atoms with E-state index in [-0.39, 0.29) is 18.4 Å². The van der Waals surface area contributed by atoms with E-state index in [4.69, 9.17) is 4.74 Å². The summed E-state index contributed by atoms with van der Waals surface area (Å²) in [5, 5.41) is 0. The van der Waals surface area contributed by atoms with Crippen molar-refractivity contribution in [3.63, 3.8) is 0 Å². The Hall–Kier alpha value is -2.04. The van der Waals surface area contributed by atoms with Crippen LogP contribution in [0.4, 0.5) is 5.69 Å². The Balaban J connectivity index is 1.69. The van der Waals surface area contributed by atoms with Crippen molar-refractivity contribution in [2.45, 2.75) is 52.0 Å². The van der Waals surface area contributed by atoms with E-state index < -0.39 is 0 Å². The molecule has 1 fully saturated rings. The van der Waals surface area contributed by atoms with Gasteiger partial charge in [0.2, 0.25) is 5.91 Å². The smallest absolute Gasteiger partial charge is 0.265 e. The number of piperidine rings is 1. The number of rotatable bonds is 4. The van der Waals surface area contributed by atoms with Gasteiger partial charge in [-0.3, -0.25) is 9.59 Å². The van der Waals surface area contributed by atoms with Gasteiger partial charge in [0.1, 0.15) is 5.75 Å². The molecule has 0 bridgehead atoms. The Kier molecular flexibility index (Phi) is 5.07. The fourth-order valence-electron chi connectivity index (χ4n) is 3.66. The highest BCUT2D eigenvalue weighted by atomic mass is 16.5. The van der Waals surface area contributed by atoms with Gasteiger partial charge in [-0.1, -0.05) is 13.0 Å². The first-order valence-corrected chi connectivity index (χ1v) is 8.93. The molecule has 1 atom stereocenters. The highest BCUT2D eigenvalue weighted by Crippen LogP contribution is 2.33. The van der Waals surface area contributed by atoms with E-state index in [9.17, 15) is 9.59 Å². The predicted octanol–water partition coefficient (Wildman–Crippen LogP) is 2.90. The van der Waals surface area contributed by atoms with E-state index in [0.717, 1.165) is 42.8 Å². The Morgan fingerprint density at radius 1 is 1.33 bits per heavy atom. The lowest BCUT2D eigenvalue weighted by atomic mass is 9.99. The van der Waals surface area contributed by atoms with Crippen molar-refractivity contribution < 1.29 is 14.3 Å². The summed E-state index contributed by atoms with van der Waals surface area (Å²) in [6.45, 7) is 5.45. The van der Waals surface area contributed by atoms with Crippen molar-refractivity contribution in [3.8, 4) is 5.75 Å². The van der Waals surface area contributed by atoms with Crippen LogP contribution in [0, 0.1) is 6.92 Å². The van der Waals surface area contributed by atoms with Gasteiger partial charge in [0.05, 0.1) is 5.69 Å². The van der Waals surface area contributed by atoms with Crippen molar-refractivity contribution in [2.24, 2.45) is 0 Å². The maximum Gasteiger partial charge on any atom is 0.265 e. The largest absolute Gasteiger partial charge is 0.482 e. The van der Waals surface area contributed by atoms with E-state index in [0.29, 0.717) is 19.0 Å². The molecule has 0 saturated carbocycles. The molecule has 130 valence electrons. The minimum Gasteiger partial charge on any atom is -0.482 e. The van der Waals surface area contributed by atoms with E-state index in [1.54, 1.807) is 4.90 Å². The first-order valence-electron chi connectivity index (χ1n) is 8.93. The number of benzene rings is 1. The summed E-state index contributed by atoms with van der Waals surface area (Å²) in [5.74, 6) is 0.804. The normalized spacial score (nSPS) is 20.6. The Labute approximate surface area is 143 Å². The number of carbonyl (C=O) groups is 2. The van der Waals surface area contributed by atoms with Crippen molar-refractivity contribution >= 4 is 17.5 Å². The molecule has 5 nitrogen and oxygen atoms in total. The molecule has 1 unspecified atom stereocenters. The third-order valence-corrected chi connectivity index (χ3v) is 5.03. The predicted molar refractivity (Wildman–Crippen MR) is 93.3 cm³/mol. The second-order valence-electron chi connectivity index (χ2n) is 6.70. The molecule has 0 radical (unpaired) electrons. The van der Waals surface area contributed by atoms with Crippen molar-refractivity contribution in [1.82, 2.24) is 4.90 Å². The average Bonchev–Trinajstić information content (AvgIpc) is 2.60. The minimum absolute atomic E-state index is 0.0472. The maximum atomic E-state index is 12.7. The molecule has 0 aliphatic carbocycles. The minimum atomic E-state index is -0.0772. The molecular weight excluding hydrogens is 304 g/mol. The summed E-state index contributed by atoms with van der Waals surface area (Å²) in [7, 11) is 0. The zero-order chi connectivity index (χ0) is 17.1. The fraction of sp³-hybridized carbons (Fsp3) is 0.579. The molecule has 0 N–H and O–H groups in total.